The van der Waals surface area contributed by atoms with Crippen molar-refractivity contribution in [2.45, 2.75) is 6.54 Å². The van der Waals surface area contributed by atoms with Crippen LogP contribution in [0, 0.1) is 5.82 Å². The third-order valence-corrected chi connectivity index (χ3v) is 3.33. The normalized spacial score (nSPS) is 10.6. The molecular weight excluding hydrogens is 283 g/mol. The van der Waals surface area contributed by atoms with Crippen LogP contribution in [0.4, 0.5) is 4.39 Å². The SMILES string of the molecule is O=c1c(-c2ccc(F)cc2)c(O)cnn1Cc1ccccc1. The van der Waals surface area contributed by atoms with E-state index in [9.17, 15) is 14.3 Å². The highest BCUT2D eigenvalue weighted by Crippen LogP contribution is 2.24. The maximum absolute atomic E-state index is 13.0. The summed E-state index contributed by atoms with van der Waals surface area (Å²) in [5.41, 5.74) is 1.07. The summed E-state index contributed by atoms with van der Waals surface area (Å²) in [5, 5.41) is 13.9. The van der Waals surface area contributed by atoms with E-state index in [0.29, 0.717) is 12.1 Å². The van der Waals surface area contributed by atoms with E-state index < -0.39 is 11.4 Å². The topological polar surface area (TPSA) is 55.1 Å². The van der Waals surface area contributed by atoms with Crippen molar-refractivity contribution < 1.29 is 9.50 Å². The van der Waals surface area contributed by atoms with Gasteiger partial charge in [-0.2, -0.15) is 5.10 Å². The lowest BCUT2D eigenvalue weighted by Crippen LogP contribution is -2.24. The summed E-state index contributed by atoms with van der Waals surface area (Å²) in [6, 6.07) is 14.8. The Balaban J connectivity index is 2.06. The monoisotopic (exact) mass is 296 g/mol. The van der Waals surface area contributed by atoms with E-state index in [0.717, 1.165) is 5.56 Å². The molecule has 22 heavy (non-hydrogen) atoms. The molecular formula is C17H13FN2O2. The molecule has 0 fully saturated rings. The Kier molecular flexibility index (Phi) is 3.70. The second-order valence-electron chi connectivity index (χ2n) is 4.86. The summed E-state index contributed by atoms with van der Waals surface area (Å²) in [6.45, 7) is 0.300. The summed E-state index contributed by atoms with van der Waals surface area (Å²) in [4.78, 5) is 12.5. The van der Waals surface area contributed by atoms with Crippen molar-refractivity contribution in [3.05, 3.63) is 82.5 Å². The fourth-order valence-electron chi connectivity index (χ4n) is 2.24. The van der Waals surface area contributed by atoms with Gasteiger partial charge in [-0.05, 0) is 23.3 Å². The minimum absolute atomic E-state index is 0.117. The summed E-state index contributed by atoms with van der Waals surface area (Å²) < 4.78 is 14.3. The minimum atomic E-state index is -0.421. The van der Waals surface area contributed by atoms with Crippen molar-refractivity contribution in [1.82, 2.24) is 9.78 Å². The number of benzene rings is 2. The molecule has 0 unspecified atom stereocenters. The lowest BCUT2D eigenvalue weighted by Gasteiger charge is -2.09. The van der Waals surface area contributed by atoms with Crippen molar-refractivity contribution in [3.8, 4) is 16.9 Å². The average Bonchev–Trinajstić information content (AvgIpc) is 2.53. The zero-order chi connectivity index (χ0) is 15.5. The molecule has 0 bridgehead atoms. The Morgan fingerprint density at radius 2 is 1.73 bits per heavy atom. The molecule has 4 nitrogen and oxygen atoms in total. The molecule has 110 valence electrons. The summed E-state index contributed by atoms with van der Waals surface area (Å²) in [7, 11) is 0. The molecule has 0 saturated carbocycles. The smallest absolute Gasteiger partial charge is 0.278 e. The fourth-order valence-corrected chi connectivity index (χ4v) is 2.24. The molecule has 0 atom stereocenters. The van der Waals surface area contributed by atoms with Crippen LogP contribution in [0.5, 0.6) is 5.75 Å². The van der Waals surface area contributed by atoms with Gasteiger partial charge in [-0.25, -0.2) is 9.07 Å². The second kappa shape index (κ2) is 5.81. The largest absolute Gasteiger partial charge is 0.505 e. The summed E-state index contributed by atoms with van der Waals surface area (Å²) >= 11 is 0. The van der Waals surface area contributed by atoms with Gasteiger partial charge in [0, 0.05) is 0 Å². The van der Waals surface area contributed by atoms with Crippen molar-refractivity contribution in [2.75, 3.05) is 0 Å². The van der Waals surface area contributed by atoms with Crippen LogP contribution in [0.25, 0.3) is 11.1 Å². The van der Waals surface area contributed by atoms with Crippen LogP contribution in [0.2, 0.25) is 0 Å². The van der Waals surface area contributed by atoms with Gasteiger partial charge < -0.3 is 5.11 Å². The molecule has 3 aromatic rings. The first-order valence-electron chi connectivity index (χ1n) is 6.74. The quantitative estimate of drug-likeness (QED) is 0.808. The summed E-state index contributed by atoms with van der Waals surface area (Å²) in [5.74, 6) is -0.622. The molecule has 0 spiro atoms. The number of aromatic nitrogens is 2. The summed E-state index contributed by atoms with van der Waals surface area (Å²) in [6.07, 6.45) is 1.23. The van der Waals surface area contributed by atoms with Crippen molar-refractivity contribution >= 4 is 0 Å². The lowest BCUT2D eigenvalue weighted by atomic mass is 10.1. The molecule has 0 aliphatic heterocycles. The molecule has 5 heteroatoms. The first-order valence-corrected chi connectivity index (χ1v) is 6.74. The Morgan fingerprint density at radius 1 is 1.05 bits per heavy atom. The minimum Gasteiger partial charge on any atom is -0.505 e. The fraction of sp³-hybridized carbons (Fsp3) is 0.0588. The Labute approximate surface area is 126 Å². The number of hydrogen-bond acceptors (Lipinski definition) is 3. The van der Waals surface area contributed by atoms with E-state index in [1.54, 1.807) is 0 Å². The number of rotatable bonds is 3. The molecule has 1 heterocycles. The van der Waals surface area contributed by atoms with Crippen LogP contribution >= 0.6 is 0 Å². The van der Waals surface area contributed by atoms with Gasteiger partial charge in [-0.3, -0.25) is 4.79 Å². The molecule has 0 amide bonds. The third-order valence-electron chi connectivity index (χ3n) is 3.33. The molecule has 3 rings (SSSR count). The van der Waals surface area contributed by atoms with Gasteiger partial charge in [0.15, 0.2) is 0 Å². The number of aromatic hydroxyl groups is 1. The highest BCUT2D eigenvalue weighted by atomic mass is 19.1. The van der Waals surface area contributed by atoms with Gasteiger partial charge in [0.25, 0.3) is 5.56 Å². The van der Waals surface area contributed by atoms with Crippen molar-refractivity contribution in [3.63, 3.8) is 0 Å². The number of hydrogen-bond donors (Lipinski definition) is 1. The van der Waals surface area contributed by atoms with E-state index >= 15 is 0 Å². The average molecular weight is 296 g/mol. The zero-order valence-corrected chi connectivity index (χ0v) is 11.6. The van der Waals surface area contributed by atoms with Gasteiger partial charge in [0.2, 0.25) is 0 Å². The van der Waals surface area contributed by atoms with E-state index in [-0.39, 0.29) is 11.3 Å². The second-order valence-corrected chi connectivity index (χ2v) is 4.86. The predicted octanol–water partition coefficient (Wildman–Crippen LogP) is 2.80. The first-order chi connectivity index (χ1) is 10.6. The van der Waals surface area contributed by atoms with E-state index in [4.69, 9.17) is 0 Å². The van der Waals surface area contributed by atoms with Crippen LogP contribution in [0.1, 0.15) is 5.56 Å². The van der Waals surface area contributed by atoms with Gasteiger partial charge in [-0.1, -0.05) is 42.5 Å². The van der Waals surface area contributed by atoms with E-state index in [1.807, 2.05) is 30.3 Å². The van der Waals surface area contributed by atoms with Crippen molar-refractivity contribution in [1.29, 1.82) is 0 Å². The maximum Gasteiger partial charge on any atom is 0.278 e. The molecule has 1 N–H and O–H groups in total. The Bertz CT molecular complexity index is 843. The highest BCUT2D eigenvalue weighted by Gasteiger charge is 2.13. The molecule has 1 aromatic heterocycles. The molecule has 0 aliphatic rings. The third kappa shape index (κ3) is 2.74. The van der Waals surface area contributed by atoms with Gasteiger partial charge in [0.1, 0.15) is 11.6 Å². The van der Waals surface area contributed by atoms with Gasteiger partial charge >= 0.3 is 0 Å². The maximum atomic E-state index is 13.0. The predicted molar refractivity (Wildman–Crippen MR) is 81.1 cm³/mol. The van der Waals surface area contributed by atoms with E-state index in [2.05, 4.69) is 5.10 Å². The number of nitrogens with zero attached hydrogens (tertiary/aromatic N) is 2. The van der Waals surface area contributed by atoms with Crippen LogP contribution < -0.4 is 5.56 Å². The molecule has 0 radical (unpaired) electrons. The Morgan fingerprint density at radius 3 is 2.41 bits per heavy atom. The van der Waals surface area contributed by atoms with E-state index in [1.165, 1.54) is 35.1 Å². The van der Waals surface area contributed by atoms with Crippen molar-refractivity contribution in [2.24, 2.45) is 0 Å². The lowest BCUT2D eigenvalue weighted by molar-refractivity contribution is 0.465. The molecule has 0 saturated heterocycles. The first kappa shape index (κ1) is 14.0. The van der Waals surface area contributed by atoms with Crippen LogP contribution in [0.3, 0.4) is 0 Å². The Hall–Kier alpha value is -2.95. The standard InChI is InChI=1S/C17H13FN2O2/c18-14-8-6-13(7-9-14)16-15(21)10-19-20(17(16)22)11-12-4-2-1-3-5-12/h1-10,21H,11H2. The van der Waals surface area contributed by atoms with Gasteiger partial charge in [0.05, 0.1) is 18.3 Å². The van der Waals surface area contributed by atoms with Crippen LogP contribution in [-0.2, 0) is 6.54 Å². The molecule has 0 aliphatic carbocycles. The molecule has 2 aromatic carbocycles. The zero-order valence-electron chi connectivity index (χ0n) is 11.6. The number of halogens is 1. The highest BCUT2D eigenvalue weighted by molar-refractivity contribution is 5.68. The van der Waals surface area contributed by atoms with Gasteiger partial charge in [-0.15, -0.1) is 0 Å². The van der Waals surface area contributed by atoms with Crippen LogP contribution in [0.15, 0.2) is 65.6 Å². The van der Waals surface area contributed by atoms with Crippen LogP contribution in [-0.4, -0.2) is 14.9 Å².